The molecular weight excluding hydrogens is 425 g/mol. The molecule has 0 spiro atoms. The van der Waals surface area contributed by atoms with E-state index in [1.165, 1.54) is 5.56 Å². The van der Waals surface area contributed by atoms with Crippen LogP contribution in [0.1, 0.15) is 74.7 Å². The molecule has 1 saturated heterocycles. The summed E-state index contributed by atoms with van der Waals surface area (Å²) in [6.45, 7) is 8.03. The van der Waals surface area contributed by atoms with E-state index in [-0.39, 0.29) is 12.2 Å². The zero-order chi connectivity index (χ0) is 23.6. The van der Waals surface area contributed by atoms with E-state index in [1.54, 1.807) is 0 Å². The van der Waals surface area contributed by atoms with Gasteiger partial charge in [0.2, 0.25) is 0 Å². The number of halogens is 3. The number of carbonyl (C=O) groups is 1. The first-order valence-corrected chi connectivity index (χ1v) is 12.5. The minimum absolute atomic E-state index is 0.156. The summed E-state index contributed by atoms with van der Waals surface area (Å²) in [6.07, 6.45) is -0.0253. The minimum atomic E-state index is -4.08. The van der Waals surface area contributed by atoms with Crippen molar-refractivity contribution in [3.63, 3.8) is 0 Å². The van der Waals surface area contributed by atoms with Gasteiger partial charge in [-0.25, -0.2) is 0 Å². The number of hydrogen-bond donors (Lipinski definition) is 0. The second-order valence-electron chi connectivity index (χ2n) is 9.67. The molecule has 33 heavy (non-hydrogen) atoms. The van der Waals surface area contributed by atoms with Crippen molar-refractivity contribution in [3.8, 4) is 0 Å². The molecule has 0 atom stereocenters. The molecule has 2 aromatic carbocycles. The molecule has 0 radical (unpaired) electrons. The molecule has 6 heteroatoms. The fraction of sp³-hybridized carbons (Fsp3) is 0.593. The Bertz CT molecular complexity index is 995. The summed E-state index contributed by atoms with van der Waals surface area (Å²) >= 11 is 0. The molecule has 1 fully saturated rings. The van der Waals surface area contributed by atoms with E-state index < -0.39 is 18.0 Å². The summed E-state index contributed by atoms with van der Waals surface area (Å²) < 4.78 is 37.6. The quantitative estimate of drug-likeness (QED) is 0.436. The SMILES string of the molecule is CCCC1(CCC)C(=O)c2cccc3c(N4CCCN(CCCC(F)(F)F)CC4)ccc1c23. The van der Waals surface area contributed by atoms with Gasteiger partial charge in [0, 0.05) is 42.7 Å². The maximum atomic E-state index is 13.6. The van der Waals surface area contributed by atoms with Crippen molar-refractivity contribution in [2.24, 2.45) is 0 Å². The van der Waals surface area contributed by atoms with Gasteiger partial charge in [0.25, 0.3) is 0 Å². The number of hydrogen-bond acceptors (Lipinski definition) is 3. The minimum Gasteiger partial charge on any atom is -0.370 e. The van der Waals surface area contributed by atoms with Gasteiger partial charge in [-0.05, 0) is 55.8 Å². The molecule has 4 rings (SSSR count). The van der Waals surface area contributed by atoms with Gasteiger partial charge in [0.1, 0.15) is 0 Å². The Morgan fingerprint density at radius 2 is 1.73 bits per heavy atom. The highest BCUT2D eigenvalue weighted by atomic mass is 19.4. The molecule has 180 valence electrons. The first kappa shape index (κ1) is 24.1. The van der Waals surface area contributed by atoms with E-state index in [2.05, 4.69) is 41.8 Å². The smallest absolute Gasteiger partial charge is 0.370 e. The molecule has 0 bridgehead atoms. The van der Waals surface area contributed by atoms with Crippen LogP contribution >= 0.6 is 0 Å². The van der Waals surface area contributed by atoms with Crippen LogP contribution in [0, 0.1) is 0 Å². The summed E-state index contributed by atoms with van der Waals surface area (Å²) in [5.74, 6) is 0.274. The molecule has 1 aliphatic carbocycles. The second kappa shape index (κ2) is 9.65. The Morgan fingerprint density at radius 3 is 2.42 bits per heavy atom. The molecule has 1 aliphatic heterocycles. The van der Waals surface area contributed by atoms with Crippen LogP contribution in [0.2, 0.25) is 0 Å². The van der Waals surface area contributed by atoms with Crippen molar-refractivity contribution < 1.29 is 18.0 Å². The molecule has 0 aromatic heterocycles. The van der Waals surface area contributed by atoms with Crippen LogP contribution in [-0.2, 0) is 5.41 Å². The maximum Gasteiger partial charge on any atom is 0.389 e. The van der Waals surface area contributed by atoms with Crippen molar-refractivity contribution in [3.05, 3.63) is 41.5 Å². The molecule has 2 aromatic rings. The first-order chi connectivity index (χ1) is 15.8. The Labute approximate surface area is 194 Å². The predicted octanol–water partition coefficient (Wildman–Crippen LogP) is 6.73. The molecule has 0 saturated carbocycles. The van der Waals surface area contributed by atoms with Crippen molar-refractivity contribution in [1.82, 2.24) is 4.90 Å². The topological polar surface area (TPSA) is 23.6 Å². The van der Waals surface area contributed by atoms with Crippen LogP contribution in [0.5, 0.6) is 0 Å². The number of rotatable bonds is 8. The zero-order valence-corrected chi connectivity index (χ0v) is 19.8. The van der Waals surface area contributed by atoms with E-state index in [9.17, 15) is 18.0 Å². The average Bonchev–Trinajstić information content (AvgIpc) is 2.91. The molecule has 3 nitrogen and oxygen atoms in total. The maximum absolute atomic E-state index is 13.6. The summed E-state index contributed by atoms with van der Waals surface area (Å²) in [5, 5.41) is 2.26. The lowest BCUT2D eigenvalue weighted by atomic mass is 9.73. The van der Waals surface area contributed by atoms with Gasteiger partial charge >= 0.3 is 6.18 Å². The van der Waals surface area contributed by atoms with E-state index in [0.717, 1.165) is 80.3 Å². The molecule has 2 aliphatic rings. The Kier molecular flexibility index (Phi) is 7.04. The lowest BCUT2D eigenvalue weighted by molar-refractivity contribution is -0.136. The van der Waals surface area contributed by atoms with E-state index >= 15 is 0 Å². The fourth-order valence-electron chi connectivity index (χ4n) is 6.05. The number of alkyl halides is 3. The number of benzene rings is 2. The fourth-order valence-corrected chi connectivity index (χ4v) is 6.05. The Hall–Kier alpha value is -2.08. The Morgan fingerprint density at radius 1 is 0.970 bits per heavy atom. The third kappa shape index (κ3) is 4.64. The first-order valence-electron chi connectivity index (χ1n) is 12.5. The largest absolute Gasteiger partial charge is 0.389 e. The van der Waals surface area contributed by atoms with Gasteiger partial charge in [-0.3, -0.25) is 4.79 Å². The zero-order valence-electron chi connectivity index (χ0n) is 19.8. The molecule has 0 N–H and O–H groups in total. The predicted molar refractivity (Wildman–Crippen MR) is 128 cm³/mol. The van der Waals surface area contributed by atoms with Crippen LogP contribution in [0.4, 0.5) is 18.9 Å². The third-order valence-electron chi connectivity index (χ3n) is 7.43. The van der Waals surface area contributed by atoms with Crippen LogP contribution in [-0.4, -0.2) is 49.6 Å². The van der Waals surface area contributed by atoms with Crippen molar-refractivity contribution in [2.45, 2.75) is 70.4 Å². The van der Waals surface area contributed by atoms with Gasteiger partial charge in [0.15, 0.2) is 5.78 Å². The third-order valence-corrected chi connectivity index (χ3v) is 7.43. The average molecular weight is 461 g/mol. The highest BCUT2D eigenvalue weighted by Crippen LogP contribution is 2.49. The normalized spacial score (nSPS) is 18.8. The standard InChI is InChI=1S/C27H35F3N2O/c1-3-12-26(13-4-2)22-10-11-23(20-8-5-9-21(24(20)22)25(26)33)32-17-7-16-31(18-19-32)15-6-14-27(28,29)30/h5,8-11H,3-4,6-7,12-19H2,1-2H3. The summed E-state index contributed by atoms with van der Waals surface area (Å²) in [4.78, 5) is 18.1. The van der Waals surface area contributed by atoms with E-state index in [4.69, 9.17) is 0 Å². The van der Waals surface area contributed by atoms with Crippen LogP contribution in [0.3, 0.4) is 0 Å². The molecule has 1 heterocycles. The molecular formula is C27H35F3N2O. The highest BCUT2D eigenvalue weighted by molar-refractivity contribution is 6.22. The lowest BCUT2D eigenvalue weighted by Crippen LogP contribution is -2.32. The number of carbonyl (C=O) groups excluding carboxylic acids is 1. The number of ketones is 1. The van der Waals surface area contributed by atoms with Gasteiger partial charge in [0.05, 0.1) is 5.41 Å². The highest BCUT2D eigenvalue weighted by Gasteiger charge is 2.46. The van der Waals surface area contributed by atoms with Gasteiger partial charge in [-0.1, -0.05) is 51.0 Å². The number of Topliss-reactive ketones (excluding diaryl/α,β-unsaturated/α-hetero) is 1. The van der Waals surface area contributed by atoms with E-state index in [0.29, 0.717) is 6.54 Å². The summed E-state index contributed by atoms with van der Waals surface area (Å²) in [5.41, 5.74) is 2.78. The van der Waals surface area contributed by atoms with Gasteiger partial charge < -0.3 is 9.80 Å². The Balaban J connectivity index is 1.60. The van der Waals surface area contributed by atoms with Crippen LogP contribution in [0.25, 0.3) is 10.8 Å². The van der Waals surface area contributed by atoms with Crippen molar-refractivity contribution in [2.75, 3.05) is 37.6 Å². The van der Waals surface area contributed by atoms with E-state index in [1.807, 2.05) is 12.1 Å². The second-order valence-corrected chi connectivity index (χ2v) is 9.67. The van der Waals surface area contributed by atoms with Crippen molar-refractivity contribution >= 4 is 22.2 Å². The van der Waals surface area contributed by atoms with Crippen LogP contribution in [0.15, 0.2) is 30.3 Å². The molecule has 0 unspecified atom stereocenters. The number of anilines is 1. The van der Waals surface area contributed by atoms with Gasteiger partial charge in [-0.2, -0.15) is 13.2 Å². The monoisotopic (exact) mass is 460 g/mol. The summed E-state index contributed by atoms with van der Waals surface area (Å²) in [7, 11) is 0. The summed E-state index contributed by atoms with van der Waals surface area (Å²) in [6, 6.07) is 10.5. The molecule has 0 amide bonds. The lowest BCUT2D eigenvalue weighted by Gasteiger charge is -2.30. The number of nitrogens with zero attached hydrogens (tertiary/aromatic N) is 2. The van der Waals surface area contributed by atoms with Gasteiger partial charge in [-0.15, -0.1) is 0 Å². The van der Waals surface area contributed by atoms with Crippen LogP contribution < -0.4 is 4.90 Å². The van der Waals surface area contributed by atoms with Crippen molar-refractivity contribution in [1.29, 1.82) is 0 Å².